The Hall–Kier alpha value is -1.45. The summed E-state index contributed by atoms with van der Waals surface area (Å²) in [4.78, 5) is 4.13. The number of pyridine rings is 1. The van der Waals surface area contributed by atoms with Crippen molar-refractivity contribution in [1.29, 1.82) is 0 Å². The van der Waals surface area contributed by atoms with E-state index in [4.69, 9.17) is 0 Å². The smallest absolute Gasteiger partial charge is 0.0664 e. The van der Waals surface area contributed by atoms with Crippen LogP contribution in [-0.4, -0.2) is 22.7 Å². The van der Waals surface area contributed by atoms with Crippen molar-refractivity contribution in [2.75, 3.05) is 6.54 Å². The Morgan fingerprint density at radius 2 is 2.22 bits per heavy atom. The highest BCUT2D eigenvalue weighted by Crippen LogP contribution is 2.17. The Balaban J connectivity index is 1.99. The maximum atomic E-state index is 9.67. The van der Waals surface area contributed by atoms with Crippen LogP contribution in [0.5, 0.6) is 0 Å². The molecule has 96 valence electrons. The third-order valence-corrected chi connectivity index (χ3v) is 3.09. The van der Waals surface area contributed by atoms with Crippen molar-refractivity contribution in [2.45, 2.75) is 32.4 Å². The molecule has 0 aliphatic heterocycles. The van der Waals surface area contributed by atoms with Gasteiger partial charge in [0.05, 0.1) is 6.10 Å². The van der Waals surface area contributed by atoms with Crippen LogP contribution in [0, 0.1) is 0 Å². The van der Waals surface area contributed by atoms with Gasteiger partial charge in [-0.1, -0.05) is 31.5 Å². The summed E-state index contributed by atoms with van der Waals surface area (Å²) in [6, 6.07) is 8.26. The maximum absolute atomic E-state index is 9.67. The fourth-order valence-electron chi connectivity index (χ4n) is 2.15. The summed E-state index contributed by atoms with van der Waals surface area (Å²) in [5.74, 6) is 0. The lowest BCUT2D eigenvalue weighted by Gasteiger charge is -2.11. The average Bonchev–Trinajstić information content (AvgIpc) is 2.39. The van der Waals surface area contributed by atoms with Crippen molar-refractivity contribution < 1.29 is 5.11 Å². The first-order chi connectivity index (χ1) is 8.81. The Morgan fingerprint density at radius 3 is 3.06 bits per heavy atom. The number of hydrogen-bond donors (Lipinski definition) is 2. The second-order valence-corrected chi connectivity index (χ2v) is 4.59. The monoisotopic (exact) mass is 244 g/mol. The van der Waals surface area contributed by atoms with E-state index in [2.05, 4.69) is 29.4 Å². The highest BCUT2D eigenvalue weighted by atomic mass is 16.3. The maximum Gasteiger partial charge on any atom is 0.0664 e. The summed E-state index contributed by atoms with van der Waals surface area (Å²) in [5.41, 5.74) is 1.25. The molecule has 3 nitrogen and oxygen atoms in total. The molecule has 0 spiro atoms. The lowest BCUT2D eigenvalue weighted by molar-refractivity contribution is 0.160. The topological polar surface area (TPSA) is 45.1 Å². The van der Waals surface area contributed by atoms with E-state index >= 15 is 0 Å². The molecule has 1 heterocycles. The average molecular weight is 244 g/mol. The van der Waals surface area contributed by atoms with E-state index in [1.807, 2.05) is 24.5 Å². The first kappa shape index (κ1) is 13.0. The summed E-state index contributed by atoms with van der Waals surface area (Å²) in [6.07, 6.45) is 5.32. The minimum atomic E-state index is -0.244. The minimum absolute atomic E-state index is 0.244. The number of hydrogen-bond acceptors (Lipinski definition) is 3. The molecule has 18 heavy (non-hydrogen) atoms. The van der Waals surface area contributed by atoms with E-state index in [0.29, 0.717) is 6.54 Å². The van der Waals surface area contributed by atoms with Crippen LogP contribution in [0.25, 0.3) is 10.8 Å². The molecular formula is C15H20N2O. The molecule has 2 N–H and O–H groups in total. The predicted octanol–water partition coefficient (Wildman–Crippen LogP) is 2.49. The molecule has 0 saturated carbocycles. The van der Waals surface area contributed by atoms with Gasteiger partial charge in [-0.3, -0.25) is 4.98 Å². The van der Waals surface area contributed by atoms with Crippen LogP contribution in [0.2, 0.25) is 0 Å². The SMILES string of the molecule is CCCC(O)CNCc1cccc2cnccc12. The van der Waals surface area contributed by atoms with Gasteiger partial charge < -0.3 is 10.4 Å². The normalized spacial score (nSPS) is 12.8. The summed E-state index contributed by atoms with van der Waals surface area (Å²) in [5, 5.41) is 15.4. The minimum Gasteiger partial charge on any atom is -0.392 e. The number of nitrogens with one attached hydrogen (secondary N) is 1. The molecule has 1 atom stereocenters. The van der Waals surface area contributed by atoms with Crippen molar-refractivity contribution in [3.05, 3.63) is 42.2 Å². The Bertz CT molecular complexity index is 493. The molecule has 1 aromatic carbocycles. The van der Waals surface area contributed by atoms with E-state index in [9.17, 15) is 5.11 Å². The van der Waals surface area contributed by atoms with Gasteiger partial charge in [0.25, 0.3) is 0 Å². The van der Waals surface area contributed by atoms with Crippen LogP contribution in [0.1, 0.15) is 25.3 Å². The molecule has 0 fully saturated rings. The number of aliphatic hydroxyl groups is 1. The van der Waals surface area contributed by atoms with Crippen LogP contribution >= 0.6 is 0 Å². The van der Waals surface area contributed by atoms with Crippen LogP contribution in [0.3, 0.4) is 0 Å². The largest absolute Gasteiger partial charge is 0.392 e. The van der Waals surface area contributed by atoms with Gasteiger partial charge in [0, 0.05) is 30.9 Å². The Labute approximate surface area is 108 Å². The van der Waals surface area contributed by atoms with Gasteiger partial charge in [-0.2, -0.15) is 0 Å². The third kappa shape index (κ3) is 3.28. The van der Waals surface area contributed by atoms with E-state index in [1.54, 1.807) is 0 Å². The second-order valence-electron chi connectivity index (χ2n) is 4.59. The number of aliphatic hydroxyl groups excluding tert-OH is 1. The van der Waals surface area contributed by atoms with E-state index in [-0.39, 0.29) is 6.10 Å². The molecule has 3 heteroatoms. The molecule has 2 rings (SSSR count). The standard InChI is InChI=1S/C15H20N2O/c1-2-4-14(18)11-17-10-13-6-3-5-12-9-16-8-7-15(12)13/h3,5-9,14,17-18H,2,4,10-11H2,1H3. The number of benzene rings is 1. The van der Waals surface area contributed by atoms with Gasteiger partial charge in [-0.15, -0.1) is 0 Å². The summed E-state index contributed by atoms with van der Waals surface area (Å²) >= 11 is 0. The number of rotatable bonds is 6. The van der Waals surface area contributed by atoms with Gasteiger partial charge >= 0.3 is 0 Å². The fourth-order valence-corrected chi connectivity index (χ4v) is 2.15. The molecule has 0 aliphatic carbocycles. The van der Waals surface area contributed by atoms with Crippen molar-refractivity contribution in [2.24, 2.45) is 0 Å². The van der Waals surface area contributed by atoms with Crippen LogP contribution in [0.4, 0.5) is 0 Å². The summed E-state index contributed by atoms with van der Waals surface area (Å²) in [6.45, 7) is 3.51. The lowest BCUT2D eigenvalue weighted by atomic mass is 10.1. The summed E-state index contributed by atoms with van der Waals surface area (Å²) < 4.78 is 0. The molecule has 0 aliphatic rings. The molecule has 0 amide bonds. The van der Waals surface area contributed by atoms with Crippen molar-refractivity contribution in [1.82, 2.24) is 10.3 Å². The summed E-state index contributed by atoms with van der Waals surface area (Å²) in [7, 11) is 0. The second kappa shape index (κ2) is 6.47. The first-order valence-electron chi connectivity index (χ1n) is 6.51. The predicted molar refractivity (Wildman–Crippen MR) is 74.4 cm³/mol. The van der Waals surface area contributed by atoms with Crippen molar-refractivity contribution >= 4 is 10.8 Å². The highest BCUT2D eigenvalue weighted by Gasteiger charge is 2.03. The van der Waals surface area contributed by atoms with E-state index in [0.717, 1.165) is 24.8 Å². The van der Waals surface area contributed by atoms with Crippen LogP contribution in [0.15, 0.2) is 36.7 Å². The third-order valence-electron chi connectivity index (χ3n) is 3.09. The molecule has 1 unspecified atom stereocenters. The number of fused-ring (bicyclic) bond motifs is 1. The molecule has 1 aromatic heterocycles. The zero-order valence-corrected chi connectivity index (χ0v) is 10.8. The fraction of sp³-hybridized carbons (Fsp3) is 0.400. The van der Waals surface area contributed by atoms with Gasteiger partial charge in [0.1, 0.15) is 0 Å². The van der Waals surface area contributed by atoms with Crippen LogP contribution in [-0.2, 0) is 6.54 Å². The zero-order chi connectivity index (χ0) is 12.8. The first-order valence-corrected chi connectivity index (χ1v) is 6.51. The van der Waals surface area contributed by atoms with E-state index < -0.39 is 0 Å². The quantitative estimate of drug-likeness (QED) is 0.820. The Kier molecular flexibility index (Phi) is 4.67. The zero-order valence-electron chi connectivity index (χ0n) is 10.8. The number of aromatic nitrogens is 1. The van der Waals surface area contributed by atoms with Gasteiger partial charge in [0.2, 0.25) is 0 Å². The van der Waals surface area contributed by atoms with Crippen LogP contribution < -0.4 is 5.32 Å². The van der Waals surface area contributed by atoms with Crippen molar-refractivity contribution in [3.63, 3.8) is 0 Å². The molecule has 0 radical (unpaired) electrons. The molecular weight excluding hydrogens is 224 g/mol. The number of nitrogens with zero attached hydrogens (tertiary/aromatic N) is 1. The highest BCUT2D eigenvalue weighted by molar-refractivity contribution is 5.84. The van der Waals surface area contributed by atoms with Gasteiger partial charge in [-0.05, 0) is 23.4 Å². The van der Waals surface area contributed by atoms with Crippen molar-refractivity contribution in [3.8, 4) is 0 Å². The molecule has 0 bridgehead atoms. The molecule has 2 aromatic rings. The van der Waals surface area contributed by atoms with Gasteiger partial charge in [0.15, 0.2) is 0 Å². The molecule has 0 saturated heterocycles. The lowest BCUT2D eigenvalue weighted by Crippen LogP contribution is -2.26. The Morgan fingerprint density at radius 1 is 1.33 bits per heavy atom. The van der Waals surface area contributed by atoms with Gasteiger partial charge in [-0.25, -0.2) is 0 Å². The van der Waals surface area contributed by atoms with E-state index in [1.165, 1.54) is 10.9 Å².